The molecule has 0 atom stereocenters. The first-order chi connectivity index (χ1) is 9.31. The summed E-state index contributed by atoms with van der Waals surface area (Å²) < 4.78 is 51.4. The lowest BCUT2D eigenvalue weighted by Gasteiger charge is -2.25. The van der Waals surface area contributed by atoms with Crippen molar-refractivity contribution in [1.29, 1.82) is 0 Å². The Morgan fingerprint density at radius 3 is 1.95 bits per heavy atom. The predicted octanol–water partition coefficient (Wildman–Crippen LogP) is 1.60. The first-order valence-electron chi connectivity index (χ1n) is 5.75. The molecule has 0 heterocycles. The number of benzene rings is 1. The maximum atomic E-state index is 12.1. The molecule has 0 fully saturated rings. The minimum Gasteiger partial charge on any atom is -0.213 e. The van der Waals surface area contributed by atoms with Crippen LogP contribution in [0.5, 0.6) is 0 Å². The fourth-order valence-electron chi connectivity index (χ4n) is 1.58. The lowest BCUT2D eigenvalue weighted by Crippen LogP contribution is -2.50. The van der Waals surface area contributed by atoms with Crippen molar-refractivity contribution in [1.82, 2.24) is 9.44 Å². The molecule has 0 unspecified atom stereocenters. The molecule has 0 aliphatic carbocycles. The second-order valence-corrected chi connectivity index (χ2v) is 9.58. The normalized spacial score (nSPS) is 13.4. The monoisotopic (exact) mass is 374 g/mol. The van der Waals surface area contributed by atoms with Crippen molar-refractivity contribution in [2.45, 2.75) is 24.3 Å². The average Bonchev–Trinajstić information content (AvgIpc) is 2.22. The first-order valence-corrected chi connectivity index (χ1v) is 9.88. The molecule has 120 valence electrons. The summed E-state index contributed by atoms with van der Waals surface area (Å²) in [6.07, 6.45) is 1.000. The average molecular weight is 375 g/mol. The van der Waals surface area contributed by atoms with Crippen LogP contribution >= 0.6 is 23.2 Å². The number of nitrogens with one attached hydrogen (secondary N) is 2. The second kappa shape index (κ2) is 6.39. The summed E-state index contributed by atoms with van der Waals surface area (Å²) >= 11 is 11.5. The van der Waals surface area contributed by atoms with Gasteiger partial charge in [0.15, 0.2) is 0 Å². The molecule has 2 N–H and O–H groups in total. The SMILES string of the molecule is CC(C)(CNS(=O)(=O)c1cc(Cl)cc(Cl)c1)NS(C)(=O)=O. The molecule has 0 radical (unpaired) electrons. The van der Waals surface area contributed by atoms with Gasteiger partial charge in [-0.25, -0.2) is 26.3 Å². The summed E-state index contributed by atoms with van der Waals surface area (Å²) in [4.78, 5) is -0.0878. The van der Waals surface area contributed by atoms with E-state index in [0.29, 0.717) is 0 Å². The van der Waals surface area contributed by atoms with E-state index in [4.69, 9.17) is 23.2 Å². The van der Waals surface area contributed by atoms with Crippen LogP contribution in [0.1, 0.15) is 13.8 Å². The van der Waals surface area contributed by atoms with E-state index in [1.807, 2.05) is 0 Å². The van der Waals surface area contributed by atoms with Crippen molar-refractivity contribution in [3.05, 3.63) is 28.2 Å². The Labute approximate surface area is 134 Å². The van der Waals surface area contributed by atoms with Gasteiger partial charge >= 0.3 is 0 Å². The van der Waals surface area contributed by atoms with Crippen molar-refractivity contribution in [2.24, 2.45) is 0 Å². The number of rotatable bonds is 6. The highest BCUT2D eigenvalue weighted by Crippen LogP contribution is 2.22. The van der Waals surface area contributed by atoms with E-state index in [1.165, 1.54) is 18.2 Å². The fourth-order valence-corrected chi connectivity index (χ4v) is 4.59. The molecule has 1 aromatic carbocycles. The van der Waals surface area contributed by atoms with Crippen LogP contribution in [-0.2, 0) is 20.0 Å². The Morgan fingerprint density at radius 2 is 1.52 bits per heavy atom. The van der Waals surface area contributed by atoms with Gasteiger partial charge in [0.1, 0.15) is 0 Å². The van der Waals surface area contributed by atoms with Crippen LogP contribution in [0.2, 0.25) is 10.0 Å². The molecule has 0 saturated heterocycles. The maximum Gasteiger partial charge on any atom is 0.240 e. The van der Waals surface area contributed by atoms with Crippen molar-refractivity contribution in [3.63, 3.8) is 0 Å². The van der Waals surface area contributed by atoms with Gasteiger partial charge in [0.25, 0.3) is 0 Å². The van der Waals surface area contributed by atoms with Crippen molar-refractivity contribution in [3.8, 4) is 0 Å². The van der Waals surface area contributed by atoms with E-state index in [-0.39, 0.29) is 21.5 Å². The summed E-state index contributed by atoms with van der Waals surface area (Å²) in [7, 11) is -7.30. The van der Waals surface area contributed by atoms with E-state index >= 15 is 0 Å². The van der Waals surface area contributed by atoms with Crippen molar-refractivity contribution < 1.29 is 16.8 Å². The zero-order valence-electron chi connectivity index (χ0n) is 11.6. The number of hydrogen-bond acceptors (Lipinski definition) is 4. The lowest BCUT2D eigenvalue weighted by molar-refractivity contribution is 0.446. The number of hydrogen-bond donors (Lipinski definition) is 2. The van der Waals surface area contributed by atoms with E-state index < -0.39 is 25.6 Å². The minimum absolute atomic E-state index is 0.0878. The molecule has 0 bridgehead atoms. The standard InChI is InChI=1S/C11H16Cl2N2O4S2/c1-11(2,15-20(3,16)17)7-14-21(18,19)10-5-8(12)4-9(13)6-10/h4-6,14-15H,7H2,1-3H3. The van der Waals surface area contributed by atoms with Crippen LogP contribution in [0.4, 0.5) is 0 Å². The van der Waals surface area contributed by atoms with Crippen molar-refractivity contribution in [2.75, 3.05) is 12.8 Å². The maximum absolute atomic E-state index is 12.1. The summed E-state index contributed by atoms with van der Waals surface area (Å²) in [6.45, 7) is 2.98. The van der Waals surface area contributed by atoms with Gasteiger partial charge in [-0.3, -0.25) is 0 Å². The van der Waals surface area contributed by atoms with Crippen LogP contribution in [-0.4, -0.2) is 35.2 Å². The summed E-state index contributed by atoms with van der Waals surface area (Å²) in [6, 6.07) is 3.93. The molecule has 0 aliphatic rings. The van der Waals surface area contributed by atoms with Gasteiger partial charge in [0, 0.05) is 22.1 Å². The van der Waals surface area contributed by atoms with Gasteiger partial charge in [-0.1, -0.05) is 23.2 Å². The number of sulfonamides is 2. The van der Waals surface area contributed by atoms with E-state index in [0.717, 1.165) is 6.26 Å². The highest BCUT2D eigenvalue weighted by atomic mass is 35.5. The topological polar surface area (TPSA) is 92.3 Å². The molecular formula is C11H16Cl2N2O4S2. The van der Waals surface area contributed by atoms with Crippen LogP contribution in [0.25, 0.3) is 0 Å². The van der Waals surface area contributed by atoms with Crippen LogP contribution in [0.15, 0.2) is 23.1 Å². The largest absolute Gasteiger partial charge is 0.240 e. The summed E-state index contributed by atoms with van der Waals surface area (Å²) in [5.74, 6) is 0. The Kier molecular flexibility index (Phi) is 5.68. The Bertz CT molecular complexity index is 710. The Hall–Kier alpha value is -0.380. The predicted molar refractivity (Wildman–Crippen MR) is 83.7 cm³/mol. The molecule has 21 heavy (non-hydrogen) atoms. The zero-order chi connectivity index (χ0) is 16.5. The molecule has 6 nitrogen and oxygen atoms in total. The van der Waals surface area contributed by atoms with Gasteiger partial charge < -0.3 is 0 Å². The highest BCUT2D eigenvalue weighted by Gasteiger charge is 2.25. The third kappa shape index (κ3) is 6.50. The molecule has 1 aromatic rings. The number of halogens is 2. The molecule has 0 aromatic heterocycles. The molecule has 0 spiro atoms. The Balaban J connectivity index is 2.91. The molecule has 0 saturated carbocycles. The van der Waals surface area contributed by atoms with Gasteiger partial charge in [-0.15, -0.1) is 0 Å². The van der Waals surface area contributed by atoms with Crippen LogP contribution in [0, 0.1) is 0 Å². The van der Waals surface area contributed by atoms with Crippen LogP contribution in [0.3, 0.4) is 0 Å². The summed E-state index contributed by atoms with van der Waals surface area (Å²) in [5, 5.41) is 0.382. The second-order valence-electron chi connectivity index (χ2n) is 5.19. The molecular weight excluding hydrogens is 359 g/mol. The molecule has 10 heteroatoms. The fraction of sp³-hybridized carbons (Fsp3) is 0.455. The highest BCUT2D eigenvalue weighted by molar-refractivity contribution is 7.89. The molecule has 0 aliphatic heterocycles. The zero-order valence-corrected chi connectivity index (χ0v) is 14.8. The summed E-state index contributed by atoms with van der Waals surface area (Å²) in [5.41, 5.74) is -0.983. The first kappa shape index (κ1) is 18.7. The minimum atomic E-state index is -3.85. The van der Waals surface area contributed by atoms with Gasteiger partial charge in [-0.05, 0) is 32.0 Å². The van der Waals surface area contributed by atoms with Gasteiger partial charge in [0.2, 0.25) is 20.0 Å². The lowest BCUT2D eigenvalue weighted by atomic mass is 10.1. The van der Waals surface area contributed by atoms with Crippen LogP contribution < -0.4 is 9.44 Å². The molecule has 0 amide bonds. The smallest absolute Gasteiger partial charge is 0.213 e. The Morgan fingerprint density at radius 1 is 1.05 bits per heavy atom. The van der Waals surface area contributed by atoms with E-state index in [9.17, 15) is 16.8 Å². The molecule has 1 rings (SSSR count). The van der Waals surface area contributed by atoms with E-state index in [1.54, 1.807) is 13.8 Å². The van der Waals surface area contributed by atoms with Gasteiger partial charge in [-0.2, -0.15) is 0 Å². The third-order valence-electron chi connectivity index (χ3n) is 2.31. The van der Waals surface area contributed by atoms with E-state index in [2.05, 4.69) is 9.44 Å². The van der Waals surface area contributed by atoms with Crippen molar-refractivity contribution >= 4 is 43.2 Å². The third-order valence-corrected chi connectivity index (χ3v) is 5.05. The van der Waals surface area contributed by atoms with Gasteiger partial charge in [0.05, 0.1) is 11.2 Å². The quantitative estimate of drug-likeness (QED) is 0.790.